The van der Waals surface area contributed by atoms with E-state index in [1.165, 1.54) is 5.56 Å². The number of anilines is 1. The highest BCUT2D eigenvalue weighted by Crippen LogP contribution is 2.32. The minimum absolute atomic E-state index is 0.337. The van der Waals surface area contributed by atoms with Crippen molar-refractivity contribution in [1.29, 1.82) is 0 Å². The minimum atomic E-state index is 0.337. The monoisotopic (exact) mass is 291 g/mol. The summed E-state index contributed by atoms with van der Waals surface area (Å²) < 4.78 is 11.0. The molecule has 21 heavy (non-hydrogen) atoms. The van der Waals surface area contributed by atoms with Crippen molar-refractivity contribution in [2.24, 2.45) is 0 Å². The fraction of sp³-hybridized carbons (Fsp3) is 0.625. The van der Waals surface area contributed by atoms with Gasteiger partial charge in [-0.15, -0.1) is 0 Å². The molecule has 1 fully saturated rings. The van der Waals surface area contributed by atoms with Crippen LogP contribution in [0.1, 0.15) is 25.0 Å². The van der Waals surface area contributed by atoms with Gasteiger partial charge in [0.15, 0.2) is 6.79 Å². The zero-order valence-electron chi connectivity index (χ0n) is 13.0. The molecule has 116 valence electrons. The van der Waals surface area contributed by atoms with Crippen LogP contribution in [-0.2, 0) is 17.9 Å². The van der Waals surface area contributed by atoms with E-state index in [0.717, 1.165) is 49.7 Å². The van der Waals surface area contributed by atoms with Crippen molar-refractivity contribution in [2.45, 2.75) is 33.0 Å². The summed E-state index contributed by atoms with van der Waals surface area (Å²) in [6.07, 6.45) is 0. The molecular formula is C16H25N3O2. The number of nitrogens with zero attached hydrogens (tertiary/aromatic N) is 2. The number of nitrogen functional groups attached to an aromatic ring is 1. The lowest BCUT2D eigenvalue weighted by molar-refractivity contribution is -0.0177. The average Bonchev–Trinajstić information content (AvgIpc) is 2.47. The molecule has 2 heterocycles. The molecule has 0 amide bonds. The van der Waals surface area contributed by atoms with Gasteiger partial charge in [0, 0.05) is 49.0 Å². The first-order valence-corrected chi connectivity index (χ1v) is 7.75. The van der Waals surface area contributed by atoms with E-state index in [1.54, 1.807) is 0 Å². The van der Waals surface area contributed by atoms with Crippen LogP contribution in [0.3, 0.4) is 0 Å². The predicted octanol–water partition coefficient (Wildman–Crippen LogP) is 1.66. The summed E-state index contributed by atoms with van der Waals surface area (Å²) in [4.78, 5) is 5.01. The van der Waals surface area contributed by atoms with Gasteiger partial charge in [0.1, 0.15) is 5.75 Å². The highest BCUT2D eigenvalue weighted by molar-refractivity contribution is 5.53. The lowest BCUT2D eigenvalue weighted by atomic mass is 10.1. The smallest absolute Gasteiger partial charge is 0.189 e. The Kier molecular flexibility index (Phi) is 4.33. The van der Waals surface area contributed by atoms with Gasteiger partial charge in [-0.25, -0.2) is 0 Å². The van der Waals surface area contributed by atoms with Crippen molar-refractivity contribution < 1.29 is 9.47 Å². The molecule has 0 aromatic heterocycles. The SMILES string of the molecule is CCN1CCN(Cc2cc(N)cc3c2OCOC3)CC1C. The molecule has 1 aromatic rings. The van der Waals surface area contributed by atoms with Crippen LogP contribution < -0.4 is 10.5 Å². The molecule has 1 saturated heterocycles. The van der Waals surface area contributed by atoms with Crippen LogP contribution in [0.15, 0.2) is 12.1 Å². The number of rotatable bonds is 3. The molecule has 2 N–H and O–H groups in total. The second-order valence-corrected chi connectivity index (χ2v) is 5.99. The second kappa shape index (κ2) is 6.22. The van der Waals surface area contributed by atoms with Crippen LogP contribution in [0.5, 0.6) is 5.75 Å². The second-order valence-electron chi connectivity index (χ2n) is 5.99. The zero-order valence-corrected chi connectivity index (χ0v) is 13.0. The van der Waals surface area contributed by atoms with E-state index in [-0.39, 0.29) is 0 Å². The first kappa shape index (κ1) is 14.6. The summed E-state index contributed by atoms with van der Waals surface area (Å²) >= 11 is 0. The fourth-order valence-corrected chi connectivity index (χ4v) is 3.37. The number of piperazine rings is 1. The van der Waals surface area contributed by atoms with E-state index in [0.29, 0.717) is 19.4 Å². The molecule has 0 bridgehead atoms. The van der Waals surface area contributed by atoms with Gasteiger partial charge in [-0.2, -0.15) is 0 Å². The van der Waals surface area contributed by atoms with Crippen molar-refractivity contribution >= 4 is 5.69 Å². The Morgan fingerprint density at radius 1 is 1.33 bits per heavy atom. The lowest BCUT2D eigenvalue weighted by Gasteiger charge is -2.39. The lowest BCUT2D eigenvalue weighted by Crippen LogP contribution is -2.51. The standard InChI is InChI=1S/C16H25N3O2/c1-3-19-5-4-18(8-12(19)2)9-13-6-15(17)7-14-10-20-11-21-16(13)14/h6-7,12H,3-5,8-11,17H2,1-2H3. The van der Waals surface area contributed by atoms with Gasteiger partial charge in [0.05, 0.1) is 6.61 Å². The van der Waals surface area contributed by atoms with Gasteiger partial charge in [-0.05, 0) is 25.6 Å². The number of ether oxygens (including phenoxy) is 2. The molecule has 1 aromatic carbocycles. The molecule has 2 aliphatic heterocycles. The molecule has 1 atom stereocenters. The number of benzene rings is 1. The molecule has 0 saturated carbocycles. The Bertz CT molecular complexity index is 507. The van der Waals surface area contributed by atoms with E-state index in [9.17, 15) is 0 Å². The van der Waals surface area contributed by atoms with E-state index in [4.69, 9.17) is 15.2 Å². The summed E-state index contributed by atoms with van der Waals surface area (Å²) in [5, 5.41) is 0. The van der Waals surface area contributed by atoms with E-state index >= 15 is 0 Å². The summed E-state index contributed by atoms with van der Waals surface area (Å²) in [7, 11) is 0. The van der Waals surface area contributed by atoms with Gasteiger partial charge in [0.2, 0.25) is 0 Å². The van der Waals surface area contributed by atoms with Crippen molar-refractivity contribution in [2.75, 3.05) is 38.7 Å². The predicted molar refractivity (Wildman–Crippen MR) is 83.1 cm³/mol. The van der Waals surface area contributed by atoms with Crippen molar-refractivity contribution in [1.82, 2.24) is 9.80 Å². The molecule has 5 heteroatoms. The Morgan fingerprint density at radius 3 is 2.95 bits per heavy atom. The number of fused-ring (bicyclic) bond motifs is 1. The third-order valence-corrected chi connectivity index (χ3v) is 4.46. The maximum absolute atomic E-state index is 6.02. The topological polar surface area (TPSA) is 51.0 Å². The average molecular weight is 291 g/mol. The normalized spacial score (nSPS) is 23.6. The minimum Gasteiger partial charge on any atom is -0.467 e. The zero-order chi connectivity index (χ0) is 14.8. The van der Waals surface area contributed by atoms with Crippen LogP contribution in [0, 0.1) is 0 Å². The Balaban J connectivity index is 1.75. The molecule has 0 aliphatic carbocycles. The molecule has 3 rings (SSSR count). The maximum atomic E-state index is 6.02. The van der Waals surface area contributed by atoms with E-state index in [2.05, 4.69) is 23.6 Å². The summed E-state index contributed by atoms with van der Waals surface area (Å²) in [6, 6.07) is 4.60. The quantitative estimate of drug-likeness (QED) is 0.858. The first-order valence-electron chi connectivity index (χ1n) is 7.75. The highest BCUT2D eigenvalue weighted by Gasteiger charge is 2.24. The van der Waals surface area contributed by atoms with Crippen molar-refractivity contribution in [3.8, 4) is 5.75 Å². The third kappa shape index (κ3) is 3.15. The Labute approximate surface area is 126 Å². The molecule has 0 spiro atoms. The summed E-state index contributed by atoms with van der Waals surface area (Å²) in [6.45, 7) is 10.8. The first-order chi connectivity index (χ1) is 10.2. The fourth-order valence-electron chi connectivity index (χ4n) is 3.37. The largest absolute Gasteiger partial charge is 0.467 e. The summed E-state index contributed by atoms with van der Waals surface area (Å²) in [5.41, 5.74) is 9.06. The maximum Gasteiger partial charge on any atom is 0.189 e. The summed E-state index contributed by atoms with van der Waals surface area (Å²) in [5.74, 6) is 0.973. The van der Waals surface area contributed by atoms with Crippen molar-refractivity contribution in [3.63, 3.8) is 0 Å². The van der Waals surface area contributed by atoms with Crippen LogP contribution >= 0.6 is 0 Å². The number of likely N-dealkylation sites (N-methyl/N-ethyl adjacent to an activating group) is 1. The molecule has 0 radical (unpaired) electrons. The Hall–Kier alpha value is -1.30. The van der Waals surface area contributed by atoms with Gasteiger partial charge in [-0.1, -0.05) is 6.92 Å². The van der Waals surface area contributed by atoms with Gasteiger partial charge >= 0.3 is 0 Å². The van der Waals surface area contributed by atoms with Crippen LogP contribution in [0.4, 0.5) is 5.69 Å². The molecule has 1 unspecified atom stereocenters. The molecular weight excluding hydrogens is 266 g/mol. The van der Waals surface area contributed by atoms with Gasteiger partial charge < -0.3 is 15.2 Å². The third-order valence-electron chi connectivity index (χ3n) is 4.46. The van der Waals surface area contributed by atoms with Crippen LogP contribution in [0.25, 0.3) is 0 Å². The number of hydrogen-bond acceptors (Lipinski definition) is 5. The van der Waals surface area contributed by atoms with Gasteiger partial charge in [0.25, 0.3) is 0 Å². The molecule has 2 aliphatic rings. The Morgan fingerprint density at radius 2 is 2.19 bits per heavy atom. The highest BCUT2D eigenvalue weighted by atomic mass is 16.7. The van der Waals surface area contributed by atoms with Crippen LogP contribution in [-0.4, -0.2) is 48.8 Å². The van der Waals surface area contributed by atoms with Gasteiger partial charge in [-0.3, -0.25) is 9.80 Å². The van der Waals surface area contributed by atoms with E-state index in [1.807, 2.05) is 12.1 Å². The van der Waals surface area contributed by atoms with Crippen molar-refractivity contribution in [3.05, 3.63) is 23.3 Å². The number of hydrogen-bond donors (Lipinski definition) is 1. The molecule has 5 nitrogen and oxygen atoms in total. The van der Waals surface area contributed by atoms with E-state index < -0.39 is 0 Å². The van der Waals surface area contributed by atoms with Crippen LogP contribution in [0.2, 0.25) is 0 Å². The number of nitrogens with two attached hydrogens (primary N) is 1.